The number of carbonyl (C=O) groups is 3. The van der Waals surface area contributed by atoms with Gasteiger partial charge in [-0.15, -0.1) is 0 Å². The first-order valence-electron chi connectivity index (χ1n) is 13.2. The molecule has 0 fully saturated rings. The van der Waals surface area contributed by atoms with Gasteiger partial charge in [-0.1, -0.05) is 32.0 Å². The number of urea groups is 1. The van der Waals surface area contributed by atoms with Gasteiger partial charge in [0.25, 0.3) is 11.8 Å². The second kappa shape index (κ2) is 12.0. The molecule has 0 saturated carbocycles. The highest BCUT2D eigenvalue weighted by Gasteiger charge is 2.26. The lowest BCUT2D eigenvalue weighted by molar-refractivity contribution is -0.110. The molecule has 0 radical (unpaired) electrons. The standard InChI is InChI=1S/C30H36N6O3/c1-6-36(7-2)14-13-31-29(38)27-19(4)25(32-20(27)5)17-24-23-12-11-22(16-26(23)35-28(24)37)34-30(39)33-21-10-8-9-18(3)15-21/h8-12,15-17,32H,6-7,13-14H2,1-5H3,(H,31,38)(H,35,37)(H2,33,34,39)/b24-17-. The summed E-state index contributed by atoms with van der Waals surface area (Å²) in [6, 6.07) is 12.4. The Morgan fingerprint density at radius 2 is 1.69 bits per heavy atom. The van der Waals surface area contributed by atoms with E-state index in [1.807, 2.05) is 45.0 Å². The van der Waals surface area contributed by atoms with E-state index < -0.39 is 0 Å². The maximum absolute atomic E-state index is 12.9. The number of hydrogen-bond donors (Lipinski definition) is 5. The Hall–Kier alpha value is -4.37. The number of rotatable bonds is 9. The maximum atomic E-state index is 12.9. The number of likely N-dealkylation sites (N-methyl/N-ethyl adjacent to an activating group) is 1. The Bertz CT molecular complexity index is 1430. The largest absolute Gasteiger partial charge is 0.358 e. The topological polar surface area (TPSA) is 118 Å². The van der Waals surface area contributed by atoms with Crippen molar-refractivity contribution < 1.29 is 14.4 Å². The lowest BCUT2D eigenvalue weighted by Crippen LogP contribution is -2.35. The molecule has 2 aromatic carbocycles. The summed E-state index contributed by atoms with van der Waals surface area (Å²) < 4.78 is 0. The summed E-state index contributed by atoms with van der Waals surface area (Å²) >= 11 is 0. The van der Waals surface area contributed by atoms with E-state index >= 15 is 0 Å². The average Bonchev–Trinajstić information content (AvgIpc) is 3.35. The zero-order valence-corrected chi connectivity index (χ0v) is 23.1. The van der Waals surface area contributed by atoms with E-state index in [-0.39, 0.29) is 17.8 Å². The molecule has 0 saturated heterocycles. The van der Waals surface area contributed by atoms with Crippen LogP contribution in [0.3, 0.4) is 0 Å². The van der Waals surface area contributed by atoms with E-state index in [1.165, 1.54) is 0 Å². The van der Waals surface area contributed by atoms with Crippen LogP contribution in [0, 0.1) is 20.8 Å². The first kappa shape index (κ1) is 27.7. The van der Waals surface area contributed by atoms with Crippen molar-refractivity contribution in [3.05, 3.63) is 76.1 Å². The molecule has 0 bridgehead atoms. The average molecular weight is 529 g/mol. The van der Waals surface area contributed by atoms with Crippen LogP contribution in [-0.2, 0) is 4.79 Å². The van der Waals surface area contributed by atoms with Crippen molar-refractivity contribution in [1.82, 2.24) is 15.2 Å². The molecule has 1 aromatic heterocycles. The monoisotopic (exact) mass is 528 g/mol. The third-order valence-corrected chi connectivity index (χ3v) is 6.94. The zero-order chi connectivity index (χ0) is 28.1. The summed E-state index contributed by atoms with van der Waals surface area (Å²) in [4.78, 5) is 43.8. The minimum atomic E-state index is -0.374. The number of aromatic amines is 1. The smallest absolute Gasteiger partial charge is 0.323 e. The predicted octanol–water partition coefficient (Wildman–Crippen LogP) is 5.15. The molecular weight excluding hydrogens is 492 g/mol. The molecule has 204 valence electrons. The fourth-order valence-corrected chi connectivity index (χ4v) is 4.79. The molecule has 39 heavy (non-hydrogen) atoms. The number of nitrogens with one attached hydrogen (secondary N) is 5. The van der Waals surface area contributed by atoms with Gasteiger partial charge in [-0.25, -0.2) is 4.79 Å². The Balaban J connectivity index is 1.48. The number of carbonyl (C=O) groups excluding carboxylic acids is 3. The lowest BCUT2D eigenvalue weighted by atomic mass is 10.0. The van der Waals surface area contributed by atoms with E-state index in [1.54, 1.807) is 24.3 Å². The molecule has 9 heteroatoms. The van der Waals surface area contributed by atoms with Crippen LogP contribution in [-0.4, -0.2) is 53.9 Å². The highest BCUT2D eigenvalue weighted by Crippen LogP contribution is 2.35. The molecule has 9 nitrogen and oxygen atoms in total. The van der Waals surface area contributed by atoms with Gasteiger partial charge >= 0.3 is 6.03 Å². The van der Waals surface area contributed by atoms with Crippen LogP contribution in [0.25, 0.3) is 11.6 Å². The second-order valence-electron chi connectivity index (χ2n) is 9.67. The Morgan fingerprint density at radius 1 is 0.974 bits per heavy atom. The molecule has 5 N–H and O–H groups in total. The Morgan fingerprint density at radius 3 is 2.38 bits per heavy atom. The molecular formula is C30H36N6O3. The molecule has 0 atom stereocenters. The van der Waals surface area contributed by atoms with Gasteiger partial charge in [0.05, 0.1) is 16.8 Å². The van der Waals surface area contributed by atoms with Crippen LogP contribution in [0.4, 0.5) is 21.9 Å². The summed E-state index contributed by atoms with van der Waals surface area (Å²) in [5.74, 6) is -0.378. The fraction of sp³-hybridized carbons (Fsp3) is 0.300. The molecule has 1 aliphatic heterocycles. The van der Waals surface area contributed by atoms with Gasteiger partial charge in [0.1, 0.15) is 0 Å². The highest BCUT2D eigenvalue weighted by atomic mass is 16.2. The summed E-state index contributed by atoms with van der Waals surface area (Å²) in [6.45, 7) is 13.1. The van der Waals surface area contributed by atoms with Gasteiger partial charge in [-0.3, -0.25) is 9.59 Å². The maximum Gasteiger partial charge on any atom is 0.323 e. The van der Waals surface area contributed by atoms with Crippen molar-refractivity contribution in [2.45, 2.75) is 34.6 Å². The first-order valence-corrected chi connectivity index (χ1v) is 13.2. The van der Waals surface area contributed by atoms with Crippen molar-refractivity contribution in [3.63, 3.8) is 0 Å². The van der Waals surface area contributed by atoms with E-state index in [9.17, 15) is 14.4 Å². The predicted molar refractivity (Wildman–Crippen MR) is 157 cm³/mol. The molecule has 0 unspecified atom stereocenters. The number of H-pyrrole nitrogens is 1. The van der Waals surface area contributed by atoms with E-state index in [0.29, 0.717) is 40.4 Å². The van der Waals surface area contributed by atoms with Crippen molar-refractivity contribution >= 4 is 46.6 Å². The number of nitrogens with zero attached hydrogens (tertiary/aromatic N) is 1. The molecule has 2 heterocycles. The van der Waals surface area contributed by atoms with Crippen molar-refractivity contribution in [1.29, 1.82) is 0 Å². The minimum absolute atomic E-state index is 0.131. The number of anilines is 3. The minimum Gasteiger partial charge on any atom is -0.358 e. The third kappa shape index (κ3) is 6.38. The number of fused-ring (bicyclic) bond motifs is 1. The molecule has 3 aromatic rings. The van der Waals surface area contributed by atoms with Crippen LogP contribution in [0.5, 0.6) is 0 Å². The van der Waals surface area contributed by atoms with Crippen LogP contribution in [0.2, 0.25) is 0 Å². The van der Waals surface area contributed by atoms with Gasteiger partial charge < -0.3 is 31.2 Å². The van der Waals surface area contributed by atoms with Gasteiger partial charge in [0.2, 0.25) is 0 Å². The second-order valence-corrected chi connectivity index (χ2v) is 9.67. The number of aryl methyl sites for hydroxylation is 2. The fourth-order valence-electron chi connectivity index (χ4n) is 4.79. The Kier molecular flexibility index (Phi) is 8.51. The van der Waals surface area contributed by atoms with Crippen molar-refractivity contribution in [2.75, 3.05) is 42.1 Å². The molecule has 0 spiro atoms. The van der Waals surface area contributed by atoms with Gasteiger partial charge in [-0.05, 0) is 75.3 Å². The quantitative estimate of drug-likeness (QED) is 0.247. The number of amides is 4. The molecule has 0 aliphatic carbocycles. The van der Waals surface area contributed by atoms with Gasteiger partial charge in [-0.2, -0.15) is 0 Å². The summed E-state index contributed by atoms with van der Waals surface area (Å²) in [7, 11) is 0. The summed E-state index contributed by atoms with van der Waals surface area (Å²) in [5, 5.41) is 11.5. The molecule has 4 amide bonds. The number of aromatic nitrogens is 1. The van der Waals surface area contributed by atoms with Gasteiger partial charge in [0, 0.05) is 41.4 Å². The van der Waals surface area contributed by atoms with Gasteiger partial charge in [0.15, 0.2) is 0 Å². The van der Waals surface area contributed by atoms with E-state index in [2.05, 4.69) is 45.0 Å². The molecule has 4 rings (SSSR count). The van der Waals surface area contributed by atoms with Crippen LogP contribution in [0.15, 0.2) is 42.5 Å². The van der Waals surface area contributed by atoms with Crippen LogP contribution >= 0.6 is 0 Å². The van der Waals surface area contributed by atoms with E-state index in [4.69, 9.17) is 0 Å². The number of hydrogen-bond acceptors (Lipinski definition) is 4. The third-order valence-electron chi connectivity index (χ3n) is 6.94. The lowest BCUT2D eigenvalue weighted by Gasteiger charge is -2.18. The molecule has 1 aliphatic rings. The first-order chi connectivity index (χ1) is 18.7. The van der Waals surface area contributed by atoms with Crippen molar-refractivity contribution in [2.24, 2.45) is 0 Å². The highest BCUT2D eigenvalue weighted by molar-refractivity contribution is 6.35. The SMILES string of the molecule is CCN(CC)CCNC(=O)c1c(C)[nH]c(/C=C2\C(=O)Nc3cc(NC(=O)Nc4cccc(C)c4)ccc32)c1C. The van der Waals surface area contributed by atoms with Crippen LogP contribution in [0.1, 0.15) is 52.3 Å². The zero-order valence-electron chi connectivity index (χ0n) is 23.1. The van der Waals surface area contributed by atoms with E-state index in [0.717, 1.165) is 42.0 Å². The van der Waals surface area contributed by atoms with Crippen molar-refractivity contribution in [3.8, 4) is 0 Å². The van der Waals surface area contributed by atoms with Crippen LogP contribution < -0.4 is 21.3 Å². The Labute approximate surface area is 229 Å². The summed E-state index contributed by atoms with van der Waals surface area (Å²) in [6.07, 6.45) is 1.77. The summed E-state index contributed by atoms with van der Waals surface area (Å²) in [5.41, 5.74) is 6.94. The number of benzene rings is 2. The normalized spacial score (nSPS) is 13.4.